The molecule has 0 aromatic heterocycles. The van der Waals surface area contributed by atoms with Gasteiger partial charge >= 0.3 is 0 Å². The highest BCUT2D eigenvalue weighted by atomic mass is 32.2. The van der Waals surface area contributed by atoms with E-state index in [1.807, 2.05) is 6.07 Å². The van der Waals surface area contributed by atoms with Gasteiger partial charge < -0.3 is 0 Å². The topological polar surface area (TPSA) is 85.0 Å². The Labute approximate surface area is 101 Å². The maximum absolute atomic E-state index is 12.0. The van der Waals surface area contributed by atoms with Gasteiger partial charge in [0, 0.05) is 7.05 Å². The number of hydrogen-bond donors (Lipinski definition) is 0. The van der Waals surface area contributed by atoms with Crippen LogP contribution in [0.3, 0.4) is 0 Å². The molecule has 0 aliphatic rings. The molecule has 0 saturated carbocycles. The molecule has 0 atom stereocenters. The summed E-state index contributed by atoms with van der Waals surface area (Å²) in [7, 11) is -2.31. The van der Waals surface area contributed by atoms with Gasteiger partial charge in [-0.1, -0.05) is 0 Å². The molecule has 0 aliphatic heterocycles. The lowest BCUT2D eigenvalue weighted by Crippen LogP contribution is -2.27. The quantitative estimate of drug-likeness (QED) is 0.748. The van der Waals surface area contributed by atoms with Crippen molar-refractivity contribution >= 4 is 10.0 Å². The van der Waals surface area contributed by atoms with E-state index < -0.39 is 10.0 Å². The van der Waals surface area contributed by atoms with Crippen LogP contribution in [0.5, 0.6) is 0 Å². The minimum atomic E-state index is -3.65. The molecule has 6 heteroatoms. The summed E-state index contributed by atoms with van der Waals surface area (Å²) in [5.41, 5.74) is 1.03. The molecule has 0 unspecified atom stereocenters. The third-order valence-corrected chi connectivity index (χ3v) is 4.12. The van der Waals surface area contributed by atoms with Crippen LogP contribution in [0.15, 0.2) is 23.1 Å². The molecule has 1 aromatic carbocycles. The Bertz CT molecular complexity index is 609. The van der Waals surface area contributed by atoms with E-state index in [1.54, 1.807) is 13.0 Å². The van der Waals surface area contributed by atoms with Gasteiger partial charge in [0.05, 0.1) is 22.6 Å². The SMILES string of the molecule is Cc1cc(S(=O)(=O)N(C)CC#N)ccc1C#N. The number of sulfonamides is 1. The van der Waals surface area contributed by atoms with E-state index in [1.165, 1.54) is 25.2 Å². The van der Waals surface area contributed by atoms with Crippen molar-refractivity contribution < 1.29 is 8.42 Å². The number of hydrogen-bond acceptors (Lipinski definition) is 4. The number of nitriles is 2. The average molecular weight is 249 g/mol. The number of rotatable bonds is 3. The standard InChI is InChI=1S/C11H11N3O2S/c1-9-7-11(4-3-10(9)8-13)17(15,16)14(2)6-5-12/h3-4,7H,6H2,1-2H3. The smallest absolute Gasteiger partial charge is 0.207 e. The predicted octanol–water partition coefficient (Wildman–Crippen LogP) is 1.01. The third kappa shape index (κ3) is 2.62. The fraction of sp³-hybridized carbons (Fsp3) is 0.273. The molecule has 0 saturated heterocycles. The first-order chi connectivity index (χ1) is 7.93. The fourth-order valence-corrected chi connectivity index (χ4v) is 2.44. The van der Waals surface area contributed by atoms with Crippen molar-refractivity contribution in [3.05, 3.63) is 29.3 Å². The van der Waals surface area contributed by atoms with Crippen LogP contribution in [0.2, 0.25) is 0 Å². The van der Waals surface area contributed by atoms with Gasteiger partial charge in [-0.05, 0) is 30.7 Å². The van der Waals surface area contributed by atoms with Crippen LogP contribution < -0.4 is 0 Å². The normalized spacial score (nSPS) is 10.9. The summed E-state index contributed by atoms with van der Waals surface area (Å²) in [6.45, 7) is 1.46. The number of benzene rings is 1. The van der Waals surface area contributed by atoms with Gasteiger partial charge in [0.15, 0.2) is 0 Å². The molecule has 0 fully saturated rings. The van der Waals surface area contributed by atoms with E-state index in [4.69, 9.17) is 10.5 Å². The lowest BCUT2D eigenvalue weighted by Gasteiger charge is -2.14. The third-order valence-electron chi connectivity index (χ3n) is 2.32. The maximum atomic E-state index is 12.0. The first kappa shape index (κ1) is 13.2. The highest BCUT2D eigenvalue weighted by molar-refractivity contribution is 7.89. The highest BCUT2D eigenvalue weighted by Gasteiger charge is 2.20. The molecule has 0 aliphatic carbocycles. The molecule has 0 bridgehead atoms. The van der Waals surface area contributed by atoms with E-state index in [2.05, 4.69) is 0 Å². The van der Waals surface area contributed by atoms with E-state index in [0.29, 0.717) is 11.1 Å². The average Bonchev–Trinajstić information content (AvgIpc) is 2.29. The van der Waals surface area contributed by atoms with Gasteiger partial charge in [-0.25, -0.2) is 8.42 Å². The van der Waals surface area contributed by atoms with Gasteiger partial charge in [-0.2, -0.15) is 14.8 Å². The van der Waals surface area contributed by atoms with Crippen LogP contribution in [0.1, 0.15) is 11.1 Å². The second-order valence-electron chi connectivity index (χ2n) is 3.51. The summed E-state index contributed by atoms with van der Waals surface area (Å²) < 4.78 is 24.9. The van der Waals surface area contributed by atoms with Gasteiger partial charge in [0.2, 0.25) is 10.0 Å². The Morgan fingerprint density at radius 2 is 2.00 bits per heavy atom. The predicted molar refractivity (Wildman–Crippen MR) is 61.3 cm³/mol. The number of nitrogens with zero attached hydrogens (tertiary/aromatic N) is 3. The molecule has 1 aromatic rings. The maximum Gasteiger partial charge on any atom is 0.243 e. The fourth-order valence-electron chi connectivity index (χ4n) is 1.29. The molecule has 1 rings (SSSR count). The minimum Gasteiger partial charge on any atom is -0.207 e. The van der Waals surface area contributed by atoms with Crippen LogP contribution in [-0.4, -0.2) is 26.3 Å². The summed E-state index contributed by atoms with van der Waals surface area (Å²) in [6, 6.07) is 8.01. The Morgan fingerprint density at radius 3 is 2.47 bits per heavy atom. The monoisotopic (exact) mass is 249 g/mol. The molecule has 0 amide bonds. The molecular weight excluding hydrogens is 238 g/mol. The molecule has 0 N–H and O–H groups in total. The zero-order valence-electron chi connectivity index (χ0n) is 9.51. The molecular formula is C11H11N3O2S. The Balaban J connectivity index is 3.23. The number of aryl methyl sites for hydroxylation is 1. The van der Waals surface area contributed by atoms with Crippen molar-refractivity contribution in [2.75, 3.05) is 13.6 Å². The van der Waals surface area contributed by atoms with E-state index in [9.17, 15) is 8.42 Å². The summed E-state index contributed by atoms with van der Waals surface area (Å²) in [6.07, 6.45) is 0. The van der Waals surface area contributed by atoms with Crippen LogP contribution in [0.25, 0.3) is 0 Å². The minimum absolute atomic E-state index is 0.0896. The van der Waals surface area contributed by atoms with Crippen molar-refractivity contribution in [1.29, 1.82) is 10.5 Å². The lowest BCUT2D eigenvalue weighted by atomic mass is 10.1. The zero-order chi connectivity index (χ0) is 13.1. The van der Waals surface area contributed by atoms with Crippen molar-refractivity contribution in [3.63, 3.8) is 0 Å². The van der Waals surface area contributed by atoms with Crippen molar-refractivity contribution in [2.24, 2.45) is 0 Å². The first-order valence-corrected chi connectivity index (χ1v) is 6.21. The lowest BCUT2D eigenvalue weighted by molar-refractivity contribution is 0.501. The Kier molecular flexibility index (Phi) is 3.84. The summed E-state index contributed by atoms with van der Waals surface area (Å²) in [5, 5.41) is 17.2. The first-order valence-electron chi connectivity index (χ1n) is 4.77. The largest absolute Gasteiger partial charge is 0.243 e. The van der Waals surface area contributed by atoms with Gasteiger partial charge in [0.25, 0.3) is 0 Å². The molecule has 88 valence electrons. The summed E-state index contributed by atoms with van der Waals surface area (Å²) >= 11 is 0. The Hall–Kier alpha value is -1.89. The van der Waals surface area contributed by atoms with Crippen LogP contribution in [0, 0.1) is 29.6 Å². The molecule has 17 heavy (non-hydrogen) atoms. The highest BCUT2D eigenvalue weighted by Crippen LogP contribution is 2.17. The van der Waals surface area contributed by atoms with Crippen molar-refractivity contribution in [1.82, 2.24) is 4.31 Å². The van der Waals surface area contributed by atoms with E-state index in [-0.39, 0.29) is 11.4 Å². The van der Waals surface area contributed by atoms with Crippen LogP contribution in [-0.2, 0) is 10.0 Å². The molecule has 0 radical (unpaired) electrons. The van der Waals surface area contributed by atoms with Gasteiger partial charge in [0.1, 0.15) is 6.54 Å². The van der Waals surface area contributed by atoms with E-state index in [0.717, 1.165) is 4.31 Å². The Morgan fingerprint density at radius 1 is 1.35 bits per heavy atom. The van der Waals surface area contributed by atoms with Crippen LogP contribution in [0.4, 0.5) is 0 Å². The zero-order valence-corrected chi connectivity index (χ0v) is 10.3. The van der Waals surface area contributed by atoms with E-state index >= 15 is 0 Å². The van der Waals surface area contributed by atoms with Crippen molar-refractivity contribution in [3.8, 4) is 12.1 Å². The van der Waals surface area contributed by atoms with Crippen molar-refractivity contribution in [2.45, 2.75) is 11.8 Å². The molecule has 0 heterocycles. The molecule has 0 spiro atoms. The van der Waals surface area contributed by atoms with Gasteiger partial charge in [-0.3, -0.25) is 0 Å². The van der Waals surface area contributed by atoms with Gasteiger partial charge in [-0.15, -0.1) is 0 Å². The summed E-state index contributed by atoms with van der Waals surface area (Å²) in [4.78, 5) is 0.0896. The van der Waals surface area contributed by atoms with Crippen LogP contribution >= 0.6 is 0 Å². The summed E-state index contributed by atoms with van der Waals surface area (Å²) in [5.74, 6) is 0. The second kappa shape index (κ2) is 4.96. The molecule has 5 nitrogen and oxygen atoms in total. The second-order valence-corrected chi connectivity index (χ2v) is 5.55.